The van der Waals surface area contributed by atoms with Crippen LogP contribution in [-0.4, -0.2) is 43.2 Å². The Bertz CT molecular complexity index is 468. The van der Waals surface area contributed by atoms with Crippen LogP contribution >= 0.6 is 0 Å². The molecule has 1 amide bonds. The second-order valence-electron chi connectivity index (χ2n) is 5.16. The number of benzene rings is 1. The van der Waals surface area contributed by atoms with Crippen LogP contribution in [-0.2, 0) is 4.74 Å². The largest absolute Gasteiger partial charge is 0.378 e. The van der Waals surface area contributed by atoms with Gasteiger partial charge in [-0.05, 0) is 37.9 Å². The van der Waals surface area contributed by atoms with Crippen molar-refractivity contribution in [2.45, 2.75) is 25.4 Å². The van der Waals surface area contributed by atoms with Crippen molar-refractivity contribution in [3.8, 4) is 0 Å². The van der Waals surface area contributed by atoms with Crippen molar-refractivity contribution in [3.63, 3.8) is 0 Å². The fraction of sp³-hybridized carbons (Fsp3) is 0.533. The highest BCUT2D eigenvalue weighted by atomic mass is 19.1. The zero-order valence-electron chi connectivity index (χ0n) is 11.9. The molecule has 1 saturated heterocycles. The minimum absolute atomic E-state index is 0.0509. The van der Waals surface area contributed by atoms with Crippen LogP contribution in [0.4, 0.5) is 8.78 Å². The van der Waals surface area contributed by atoms with E-state index in [1.165, 1.54) is 0 Å². The molecule has 0 aromatic heterocycles. The third-order valence-electron chi connectivity index (χ3n) is 3.54. The van der Waals surface area contributed by atoms with Crippen LogP contribution in [0.2, 0.25) is 0 Å². The Morgan fingerprint density at radius 3 is 2.43 bits per heavy atom. The average molecular weight is 298 g/mol. The molecule has 1 aromatic rings. The molecule has 2 N–H and O–H groups in total. The smallest absolute Gasteiger partial charge is 0.254 e. The molecule has 0 radical (unpaired) electrons. The van der Waals surface area contributed by atoms with Crippen molar-refractivity contribution in [3.05, 3.63) is 35.4 Å². The number of nitrogens with two attached hydrogens (primary N) is 1. The maximum Gasteiger partial charge on any atom is 0.254 e. The molecule has 0 saturated carbocycles. The number of nitrogens with zero attached hydrogens (tertiary/aromatic N) is 1. The summed E-state index contributed by atoms with van der Waals surface area (Å²) >= 11 is 0. The first-order chi connectivity index (χ1) is 10.1. The molecule has 0 bridgehead atoms. The fourth-order valence-electron chi connectivity index (χ4n) is 2.42. The lowest BCUT2D eigenvalue weighted by atomic mass is 10.1. The van der Waals surface area contributed by atoms with E-state index in [2.05, 4.69) is 0 Å². The van der Waals surface area contributed by atoms with Crippen LogP contribution < -0.4 is 5.73 Å². The van der Waals surface area contributed by atoms with Gasteiger partial charge in [-0.1, -0.05) is 0 Å². The van der Waals surface area contributed by atoms with Crippen LogP contribution in [0, 0.1) is 11.6 Å². The van der Waals surface area contributed by atoms with Gasteiger partial charge in [0.25, 0.3) is 5.91 Å². The number of likely N-dealkylation sites (tertiary alicyclic amines) is 1. The van der Waals surface area contributed by atoms with Gasteiger partial charge < -0.3 is 15.4 Å². The van der Waals surface area contributed by atoms with Gasteiger partial charge in [0.05, 0.1) is 6.10 Å². The number of halogens is 2. The first kappa shape index (κ1) is 15.9. The molecule has 21 heavy (non-hydrogen) atoms. The van der Waals surface area contributed by atoms with E-state index in [1.807, 2.05) is 0 Å². The van der Waals surface area contributed by atoms with Gasteiger partial charge in [-0.15, -0.1) is 0 Å². The van der Waals surface area contributed by atoms with Crippen molar-refractivity contribution < 1.29 is 18.3 Å². The predicted molar refractivity (Wildman–Crippen MR) is 74.9 cm³/mol. The Kier molecular flexibility index (Phi) is 5.64. The maximum atomic E-state index is 13.1. The molecular weight excluding hydrogens is 278 g/mol. The molecule has 116 valence electrons. The number of piperidine rings is 1. The molecule has 1 aliphatic heterocycles. The zero-order valence-corrected chi connectivity index (χ0v) is 11.9. The quantitative estimate of drug-likeness (QED) is 0.845. The molecule has 0 unspecified atom stereocenters. The number of hydrogen-bond donors (Lipinski definition) is 1. The first-order valence-corrected chi connectivity index (χ1v) is 7.17. The molecular formula is C15H20F2N2O2. The lowest BCUT2D eigenvalue weighted by molar-refractivity contribution is 0.00842. The van der Waals surface area contributed by atoms with E-state index in [1.54, 1.807) is 4.90 Å². The van der Waals surface area contributed by atoms with Crippen LogP contribution in [0.15, 0.2) is 18.2 Å². The van der Waals surface area contributed by atoms with Gasteiger partial charge in [-0.25, -0.2) is 8.78 Å². The molecule has 4 nitrogen and oxygen atoms in total. The van der Waals surface area contributed by atoms with Crippen molar-refractivity contribution >= 4 is 5.91 Å². The van der Waals surface area contributed by atoms with Crippen LogP contribution in [0.1, 0.15) is 29.6 Å². The number of rotatable bonds is 5. The molecule has 6 heteroatoms. The van der Waals surface area contributed by atoms with Gasteiger partial charge in [-0.2, -0.15) is 0 Å². The third-order valence-corrected chi connectivity index (χ3v) is 3.54. The van der Waals surface area contributed by atoms with E-state index in [0.717, 1.165) is 37.5 Å². The second-order valence-corrected chi connectivity index (χ2v) is 5.16. The molecule has 1 aromatic carbocycles. The minimum atomic E-state index is -0.738. The summed E-state index contributed by atoms with van der Waals surface area (Å²) in [6.07, 6.45) is 2.41. The summed E-state index contributed by atoms with van der Waals surface area (Å²) in [5, 5.41) is 0. The number of carbonyl (C=O) groups excluding carboxylic acids is 1. The number of ether oxygens (including phenoxy) is 1. The number of hydrogen-bond acceptors (Lipinski definition) is 3. The maximum absolute atomic E-state index is 13.1. The Morgan fingerprint density at radius 1 is 1.24 bits per heavy atom. The minimum Gasteiger partial charge on any atom is -0.378 e. The van der Waals surface area contributed by atoms with E-state index in [4.69, 9.17) is 10.5 Å². The summed E-state index contributed by atoms with van der Waals surface area (Å²) in [7, 11) is 0. The van der Waals surface area contributed by atoms with Gasteiger partial charge in [0.1, 0.15) is 11.6 Å². The van der Waals surface area contributed by atoms with Crippen LogP contribution in [0.5, 0.6) is 0 Å². The summed E-state index contributed by atoms with van der Waals surface area (Å²) in [5.74, 6) is -1.81. The van der Waals surface area contributed by atoms with E-state index in [0.29, 0.717) is 26.2 Å². The SMILES string of the molecule is NCCCOC1CCN(C(=O)c2cc(F)cc(F)c2)CC1. The summed E-state index contributed by atoms with van der Waals surface area (Å²) in [4.78, 5) is 13.8. The Hall–Kier alpha value is -1.53. The normalized spacial score (nSPS) is 16.2. The van der Waals surface area contributed by atoms with Gasteiger partial charge in [0.2, 0.25) is 0 Å². The van der Waals surface area contributed by atoms with E-state index in [9.17, 15) is 13.6 Å². The van der Waals surface area contributed by atoms with E-state index in [-0.39, 0.29) is 17.6 Å². The Labute approximate surface area is 122 Å². The molecule has 1 heterocycles. The molecule has 1 fully saturated rings. The summed E-state index contributed by atoms with van der Waals surface area (Å²) in [5.41, 5.74) is 5.45. The van der Waals surface area contributed by atoms with E-state index < -0.39 is 11.6 Å². The number of carbonyl (C=O) groups is 1. The molecule has 1 aliphatic rings. The van der Waals surface area contributed by atoms with Crippen LogP contribution in [0.25, 0.3) is 0 Å². The van der Waals surface area contributed by atoms with Crippen molar-refractivity contribution in [1.29, 1.82) is 0 Å². The van der Waals surface area contributed by atoms with Crippen molar-refractivity contribution in [1.82, 2.24) is 4.90 Å². The highest BCUT2D eigenvalue weighted by Gasteiger charge is 2.24. The standard InChI is InChI=1S/C15H20F2N2O2/c16-12-8-11(9-13(17)10-12)15(20)19-5-2-14(3-6-19)21-7-1-4-18/h8-10,14H,1-7,18H2. The summed E-state index contributed by atoms with van der Waals surface area (Å²) in [6, 6.07) is 2.89. The second kappa shape index (κ2) is 7.47. The first-order valence-electron chi connectivity index (χ1n) is 7.17. The lowest BCUT2D eigenvalue weighted by Crippen LogP contribution is -2.41. The average Bonchev–Trinajstić information content (AvgIpc) is 2.46. The van der Waals surface area contributed by atoms with Gasteiger partial charge in [0, 0.05) is 31.3 Å². The van der Waals surface area contributed by atoms with Gasteiger partial charge in [0.15, 0.2) is 0 Å². The lowest BCUT2D eigenvalue weighted by Gasteiger charge is -2.32. The molecule has 0 spiro atoms. The highest BCUT2D eigenvalue weighted by Crippen LogP contribution is 2.17. The van der Waals surface area contributed by atoms with Crippen molar-refractivity contribution in [2.24, 2.45) is 5.73 Å². The molecule has 2 rings (SSSR count). The highest BCUT2D eigenvalue weighted by molar-refractivity contribution is 5.94. The van der Waals surface area contributed by atoms with Crippen molar-refractivity contribution in [2.75, 3.05) is 26.2 Å². The topological polar surface area (TPSA) is 55.6 Å². The Balaban J connectivity index is 1.88. The molecule has 0 aliphatic carbocycles. The van der Waals surface area contributed by atoms with Gasteiger partial charge >= 0.3 is 0 Å². The summed E-state index contributed by atoms with van der Waals surface area (Å²) in [6.45, 7) is 2.29. The Morgan fingerprint density at radius 2 is 1.86 bits per heavy atom. The summed E-state index contributed by atoms with van der Waals surface area (Å²) < 4.78 is 32.0. The fourth-order valence-corrected chi connectivity index (χ4v) is 2.42. The molecule has 0 atom stereocenters. The van der Waals surface area contributed by atoms with E-state index >= 15 is 0 Å². The van der Waals surface area contributed by atoms with Crippen LogP contribution in [0.3, 0.4) is 0 Å². The van der Waals surface area contributed by atoms with Gasteiger partial charge in [-0.3, -0.25) is 4.79 Å². The predicted octanol–water partition coefficient (Wildman–Crippen LogP) is 1.93. The number of amides is 1. The zero-order chi connectivity index (χ0) is 15.2. The third kappa shape index (κ3) is 4.47. The monoisotopic (exact) mass is 298 g/mol.